The van der Waals surface area contributed by atoms with Crippen molar-refractivity contribution in [2.24, 2.45) is 0 Å². The highest BCUT2D eigenvalue weighted by Gasteiger charge is 2.19. The van der Waals surface area contributed by atoms with E-state index in [1.807, 2.05) is 43.4 Å². The van der Waals surface area contributed by atoms with Gasteiger partial charge >= 0.3 is 17.9 Å². The zero-order chi connectivity index (χ0) is 46.0. The number of fused-ring (bicyclic) bond motifs is 3. The van der Waals surface area contributed by atoms with Crippen LogP contribution in [0.2, 0.25) is 0 Å². The Hall–Kier alpha value is -7.75. The average molecular weight is 889 g/mol. The number of nitrogens with zero attached hydrogens (tertiary/aromatic N) is 7. The number of hydrogen-bond donors (Lipinski definition) is 9. The number of rotatable bonds is 23. The smallest absolute Gasteiger partial charge is 0.317 e. The maximum atomic E-state index is 13.1. The monoisotopic (exact) mass is 888 g/mol. The number of carbonyl (C=O) groups excluding carboxylic acids is 2. The molecule has 4 aromatic heterocycles. The maximum Gasteiger partial charge on any atom is 0.317 e. The summed E-state index contributed by atoms with van der Waals surface area (Å²) in [6, 6.07) is 21.7. The lowest BCUT2D eigenvalue weighted by molar-refractivity contribution is -0.143. The molecule has 7 rings (SSSR count). The molecule has 0 atom stereocenters. The number of phenols is 1. The number of carboxylic acids is 3. The standard InChI is InChI=1S/C44H48N12O9/c1-54(16-2-14-45-36(58)22-55(23-37(59)60)18-19-56(24-38(61)62)25-39(63)64)17-3-15-46-44(65)28-7-11-30-35(21-28)51-41(47-30)27-6-10-31-34(20-27)52-42(48-31)32-12-13-33-43(50-32)53-40(49-33)26-4-8-29(57)9-5-26/h4-13,20-21,57H,2-3,14-19,22-25H2,1H3,(H,45,58)(H,46,65)(H,47,51)(H,48,52)(H,59,60)(H,61,62)(H,63,64)(H,49,50,53). The molecule has 0 spiro atoms. The lowest BCUT2D eigenvalue weighted by Crippen LogP contribution is -2.45. The lowest BCUT2D eigenvalue weighted by Gasteiger charge is -2.24. The summed E-state index contributed by atoms with van der Waals surface area (Å²) in [7, 11) is 1.93. The van der Waals surface area contributed by atoms with Gasteiger partial charge in [-0.2, -0.15) is 0 Å². The van der Waals surface area contributed by atoms with Crippen molar-refractivity contribution in [2.45, 2.75) is 12.8 Å². The number of aromatic nitrogens is 7. The van der Waals surface area contributed by atoms with E-state index in [1.54, 1.807) is 36.4 Å². The molecule has 4 heterocycles. The van der Waals surface area contributed by atoms with Crippen LogP contribution in [-0.2, 0) is 19.2 Å². The van der Waals surface area contributed by atoms with Crippen LogP contribution in [0.3, 0.4) is 0 Å². The molecule has 7 aromatic rings. The van der Waals surface area contributed by atoms with E-state index >= 15 is 0 Å². The molecule has 21 nitrogen and oxygen atoms in total. The fourth-order valence-corrected chi connectivity index (χ4v) is 7.22. The fraction of sp³-hybridized carbons (Fsp3) is 0.295. The highest BCUT2D eigenvalue weighted by Crippen LogP contribution is 2.28. The lowest BCUT2D eigenvalue weighted by atomic mass is 10.2. The largest absolute Gasteiger partial charge is 0.508 e. The first-order valence-electron chi connectivity index (χ1n) is 20.8. The Morgan fingerprint density at radius 3 is 1.78 bits per heavy atom. The quantitative estimate of drug-likeness (QED) is 0.0417. The maximum absolute atomic E-state index is 13.1. The van der Waals surface area contributed by atoms with Crippen molar-refractivity contribution >= 4 is 63.0 Å². The predicted octanol–water partition coefficient (Wildman–Crippen LogP) is 2.83. The Kier molecular flexibility index (Phi) is 14.4. The minimum absolute atomic E-state index is 0.0111. The van der Waals surface area contributed by atoms with Crippen LogP contribution in [-0.4, -0.2) is 172 Å². The van der Waals surface area contributed by atoms with Gasteiger partial charge in [0, 0.05) is 42.9 Å². The second-order valence-corrected chi connectivity index (χ2v) is 15.6. The van der Waals surface area contributed by atoms with Crippen molar-refractivity contribution in [3.05, 3.63) is 78.4 Å². The summed E-state index contributed by atoms with van der Waals surface area (Å²) in [6.07, 6.45) is 1.30. The molecule has 0 fully saturated rings. The van der Waals surface area contributed by atoms with Crippen molar-refractivity contribution < 1.29 is 44.4 Å². The van der Waals surface area contributed by atoms with Crippen LogP contribution in [0.25, 0.3) is 67.5 Å². The second-order valence-electron chi connectivity index (χ2n) is 15.6. The van der Waals surface area contributed by atoms with Crippen LogP contribution in [0.1, 0.15) is 23.2 Å². The number of aromatic amines is 3. The summed E-state index contributed by atoms with van der Waals surface area (Å²) in [4.78, 5) is 92.5. The third-order valence-electron chi connectivity index (χ3n) is 10.4. The van der Waals surface area contributed by atoms with Gasteiger partial charge in [-0.3, -0.25) is 33.8 Å². The van der Waals surface area contributed by atoms with Gasteiger partial charge in [-0.15, -0.1) is 0 Å². The second kappa shape index (κ2) is 20.6. The summed E-state index contributed by atoms with van der Waals surface area (Å²) >= 11 is 0. The zero-order valence-electron chi connectivity index (χ0n) is 35.4. The number of aliphatic carboxylic acids is 3. The van der Waals surface area contributed by atoms with E-state index in [9.17, 15) is 34.2 Å². The number of nitrogens with one attached hydrogen (secondary N) is 5. The number of carboxylic acid groups (broad SMARTS) is 3. The van der Waals surface area contributed by atoms with E-state index in [4.69, 9.17) is 25.2 Å². The fourth-order valence-electron chi connectivity index (χ4n) is 7.22. The SMILES string of the molecule is CN(CCCNC(=O)CN(CCN(CC(=O)O)CC(=O)O)CC(=O)O)CCCNC(=O)c1ccc2[nH]c(-c3ccc4[nH]c(-c5ccc6[nH]c(-c7ccc(O)cc7)nc6n5)nc4c3)nc2c1. The van der Waals surface area contributed by atoms with Gasteiger partial charge in [-0.25, -0.2) is 19.9 Å². The first-order valence-corrected chi connectivity index (χ1v) is 20.8. The van der Waals surface area contributed by atoms with E-state index in [1.165, 1.54) is 4.90 Å². The van der Waals surface area contributed by atoms with Crippen molar-refractivity contribution in [1.82, 2.24) is 60.2 Å². The number of phenolic OH excluding ortho intramolecular Hbond substituents is 1. The minimum Gasteiger partial charge on any atom is -0.508 e. The van der Waals surface area contributed by atoms with Crippen LogP contribution in [0.15, 0.2) is 72.8 Å². The van der Waals surface area contributed by atoms with Crippen molar-refractivity contribution in [3.8, 4) is 40.0 Å². The minimum atomic E-state index is -1.22. The number of H-pyrrole nitrogens is 3. The van der Waals surface area contributed by atoms with Crippen LogP contribution >= 0.6 is 0 Å². The molecular formula is C44H48N12O9. The van der Waals surface area contributed by atoms with Crippen LogP contribution < -0.4 is 10.6 Å². The van der Waals surface area contributed by atoms with Gasteiger partial charge in [0.25, 0.3) is 5.91 Å². The van der Waals surface area contributed by atoms with Crippen LogP contribution in [0.4, 0.5) is 0 Å². The third kappa shape index (κ3) is 12.2. The Bertz CT molecular complexity index is 2820. The molecule has 0 aliphatic rings. The normalized spacial score (nSPS) is 11.6. The zero-order valence-corrected chi connectivity index (χ0v) is 35.4. The molecule has 9 N–H and O–H groups in total. The Labute approximate surface area is 370 Å². The Balaban J connectivity index is 0.850. The van der Waals surface area contributed by atoms with Gasteiger partial charge in [0.05, 0.1) is 53.8 Å². The molecular weight excluding hydrogens is 841 g/mol. The molecule has 65 heavy (non-hydrogen) atoms. The summed E-state index contributed by atoms with van der Waals surface area (Å²) in [5, 5.41) is 42.7. The van der Waals surface area contributed by atoms with Gasteiger partial charge in [-0.1, -0.05) is 0 Å². The first kappa shape index (κ1) is 45.3. The molecule has 21 heteroatoms. The number of amides is 2. The molecule has 0 bridgehead atoms. The van der Waals surface area contributed by atoms with Gasteiger partial charge in [-0.05, 0) is 106 Å². The molecule has 0 radical (unpaired) electrons. The van der Waals surface area contributed by atoms with Gasteiger partial charge in [0.2, 0.25) is 5.91 Å². The Morgan fingerprint density at radius 2 is 1.11 bits per heavy atom. The highest BCUT2D eigenvalue weighted by molar-refractivity contribution is 5.98. The third-order valence-corrected chi connectivity index (χ3v) is 10.4. The van der Waals surface area contributed by atoms with E-state index in [-0.39, 0.29) is 31.3 Å². The topological polar surface area (TPSA) is 299 Å². The van der Waals surface area contributed by atoms with Gasteiger partial charge < -0.3 is 50.9 Å². The number of hydrogen-bond acceptors (Lipinski definition) is 13. The molecule has 0 aliphatic carbocycles. The molecule has 0 saturated heterocycles. The molecule has 2 amide bonds. The van der Waals surface area contributed by atoms with Gasteiger partial charge in [0.1, 0.15) is 23.1 Å². The number of aromatic hydroxyl groups is 1. The Morgan fingerprint density at radius 1 is 0.569 bits per heavy atom. The summed E-state index contributed by atoms with van der Waals surface area (Å²) in [6.45, 7) is 0.295. The van der Waals surface area contributed by atoms with E-state index in [0.717, 1.165) is 38.1 Å². The molecule has 3 aromatic carbocycles. The van der Waals surface area contributed by atoms with E-state index in [0.29, 0.717) is 78.9 Å². The number of imidazole rings is 3. The number of carbonyl (C=O) groups is 5. The van der Waals surface area contributed by atoms with E-state index in [2.05, 4.69) is 35.5 Å². The van der Waals surface area contributed by atoms with Crippen molar-refractivity contribution in [3.63, 3.8) is 0 Å². The summed E-state index contributed by atoms with van der Waals surface area (Å²) < 4.78 is 0. The van der Waals surface area contributed by atoms with Crippen molar-refractivity contribution in [2.75, 3.05) is 72.5 Å². The molecule has 0 unspecified atom stereocenters. The first-order chi connectivity index (χ1) is 31.3. The van der Waals surface area contributed by atoms with Crippen molar-refractivity contribution in [1.29, 1.82) is 0 Å². The van der Waals surface area contributed by atoms with Crippen LogP contribution in [0, 0.1) is 0 Å². The molecule has 0 aliphatic heterocycles. The van der Waals surface area contributed by atoms with Gasteiger partial charge in [0.15, 0.2) is 11.5 Å². The number of benzene rings is 3. The summed E-state index contributed by atoms with van der Waals surface area (Å²) in [5.41, 5.74) is 7.00. The van der Waals surface area contributed by atoms with Crippen LogP contribution in [0.5, 0.6) is 5.75 Å². The molecule has 338 valence electrons. The summed E-state index contributed by atoms with van der Waals surface area (Å²) in [5.74, 6) is -2.21. The number of pyridine rings is 1. The predicted molar refractivity (Wildman–Crippen MR) is 239 cm³/mol. The highest BCUT2D eigenvalue weighted by atomic mass is 16.4. The molecule has 0 saturated carbocycles. The average Bonchev–Trinajstić information content (AvgIpc) is 4.01. The van der Waals surface area contributed by atoms with E-state index < -0.39 is 43.4 Å².